The van der Waals surface area contributed by atoms with Crippen LogP contribution in [0.2, 0.25) is 0 Å². The van der Waals surface area contributed by atoms with Gasteiger partial charge in [0.25, 0.3) is 0 Å². The molecule has 0 saturated carbocycles. The van der Waals surface area contributed by atoms with Crippen LogP contribution in [0.25, 0.3) is 0 Å². The fourth-order valence-electron chi connectivity index (χ4n) is 0.559. The highest BCUT2D eigenvalue weighted by Crippen LogP contribution is 2.06. The topological polar surface area (TPSA) is 9.23 Å². The number of ether oxygens (including phenoxy) is 1. The van der Waals surface area contributed by atoms with Gasteiger partial charge in [-0.1, -0.05) is 13.5 Å². The molecule has 1 nitrogen and oxygen atoms in total. The predicted octanol–water partition coefficient (Wildman–Crippen LogP) is 2.85. The molecule has 0 aliphatic rings. The van der Waals surface area contributed by atoms with Crippen LogP contribution in [0.5, 0.6) is 0 Å². The Morgan fingerprint density at radius 3 is 2.33 bits per heavy atom. The summed E-state index contributed by atoms with van der Waals surface area (Å²) < 4.78 is 5.22. The van der Waals surface area contributed by atoms with Gasteiger partial charge in [-0.05, 0) is 19.9 Å². The number of allylic oxidation sites excluding steroid dienone is 3. The Morgan fingerprint density at radius 2 is 2.22 bits per heavy atom. The van der Waals surface area contributed by atoms with Gasteiger partial charge >= 0.3 is 0 Å². The Bertz CT molecular complexity index is 123. The molecule has 0 aromatic rings. The summed E-state index contributed by atoms with van der Waals surface area (Å²) in [6.07, 6.45) is 2.89. The van der Waals surface area contributed by atoms with Gasteiger partial charge in [0.2, 0.25) is 0 Å². The van der Waals surface area contributed by atoms with Gasteiger partial charge in [-0.3, -0.25) is 0 Å². The minimum atomic E-state index is 0.755. The zero-order valence-electron chi connectivity index (χ0n) is 6.40. The summed E-state index contributed by atoms with van der Waals surface area (Å²) in [5.41, 5.74) is 0. The second-order valence-corrected chi connectivity index (χ2v) is 1.91. The third-order valence-corrected chi connectivity index (χ3v) is 0.976. The number of hydrogen-bond acceptors (Lipinski definition) is 1. The first-order valence-corrected chi connectivity index (χ1v) is 3.19. The normalized spacial score (nSPS) is 11.2. The highest BCUT2D eigenvalue weighted by Gasteiger charge is 1.90. The lowest BCUT2D eigenvalue weighted by molar-refractivity contribution is 0.297. The van der Waals surface area contributed by atoms with Crippen molar-refractivity contribution >= 4 is 0 Å². The molecular weight excluding hydrogens is 112 g/mol. The molecule has 0 amide bonds. The fraction of sp³-hybridized carbons (Fsp3) is 0.500. The Kier molecular flexibility index (Phi) is 3.85. The summed E-state index contributed by atoms with van der Waals surface area (Å²) in [6.45, 7) is 9.49. The van der Waals surface area contributed by atoms with Gasteiger partial charge in [0.15, 0.2) is 0 Å². The molecule has 0 saturated heterocycles. The standard InChI is InChI=1S/C8H14O/c1-5-8(6-2)9-7(3)4/h5H,3,6H2,1-2,4H3/b8-5-. The van der Waals surface area contributed by atoms with E-state index in [1.54, 1.807) is 0 Å². The minimum absolute atomic E-state index is 0.755. The highest BCUT2D eigenvalue weighted by atomic mass is 16.5. The molecule has 1 heteroatoms. The molecule has 0 atom stereocenters. The molecule has 0 aliphatic carbocycles. The van der Waals surface area contributed by atoms with Crippen molar-refractivity contribution in [3.63, 3.8) is 0 Å². The monoisotopic (exact) mass is 126 g/mol. The minimum Gasteiger partial charge on any atom is -0.467 e. The summed E-state index contributed by atoms with van der Waals surface area (Å²) in [4.78, 5) is 0. The molecule has 0 bridgehead atoms. The Hall–Kier alpha value is -0.720. The van der Waals surface area contributed by atoms with Crippen LogP contribution in [0.15, 0.2) is 24.2 Å². The fourth-order valence-corrected chi connectivity index (χ4v) is 0.559. The Labute approximate surface area is 57.0 Å². The molecule has 9 heavy (non-hydrogen) atoms. The van der Waals surface area contributed by atoms with E-state index in [1.165, 1.54) is 0 Å². The molecular formula is C8H14O. The third-order valence-electron chi connectivity index (χ3n) is 0.976. The predicted molar refractivity (Wildman–Crippen MR) is 39.9 cm³/mol. The van der Waals surface area contributed by atoms with E-state index in [2.05, 4.69) is 13.5 Å². The maximum Gasteiger partial charge on any atom is 0.0990 e. The van der Waals surface area contributed by atoms with E-state index in [-0.39, 0.29) is 0 Å². The van der Waals surface area contributed by atoms with E-state index >= 15 is 0 Å². The van der Waals surface area contributed by atoms with Crippen LogP contribution in [0.3, 0.4) is 0 Å². The zero-order chi connectivity index (χ0) is 7.28. The van der Waals surface area contributed by atoms with Crippen molar-refractivity contribution in [2.45, 2.75) is 27.2 Å². The average molecular weight is 126 g/mol. The molecule has 52 valence electrons. The van der Waals surface area contributed by atoms with Gasteiger partial charge in [-0.2, -0.15) is 0 Å². The molecule has 0 aromatic heterocycles. The highest BCUT2D eigenvalue weighted by molar-refractivity contribution is 4.94. The lowest BCUT2D eigenvalue weighted by atomic mass is 10.4. The molecule has 0 aromatic carbocycles. The van der Waals surface area contributed by atoms with Crippen LogP contribution in [-0.4, -0.2) is 0 Å². The van der Waals surface area contributed by atoms with Crippen molar-refractivity contribution in [2.24, 2.45) is 0 Å². The Balaban J connectivity index is 3.71. The summed E-state index contributed by atoms with van der Waals surface area (Å²) >= 11 is 0. The van der Waals surface area contributed by atoms with Crippen LogP contribution in [-0.2, 0) is 4.74 Å². The second-order valence-electron chi connectivity index (χ2n) is 1.91. The molecule has 0 spiro atoms. The largest absolute Gasteiger partial charge is 0.467 e. The van der Waals surface area contributed by atoms with Crippen molar-refractivity contribution < 1.29 is 4.74 Å². The first-order valence-electron chi connectivity index (χ1n) is 3.19. The van der Waals surface area contributed by atoms with Gasteiger partial charge < -0.3 is 4.74 Å². The summed E-state index contributed by atoms with van der Waals surface area (Å²) in [5, 5.41) is 0. The Morgan fingerprint density at radius 1 is 1.67 bits per heavy atom. The summed E-state index contributed by atoms with van der Waals surface area (Å²) in [5.74, 6) is 1.74. The molecule has 0 aliphatic heterocycles. The second kappa shape index (κ2) is 4.19. The molecule has 0 fully saturated rings. The van der Waals surface area contributed by atoms with Crippen LogP contribution in [0.1, 0.15) is 27.2 Å². The summed E-state index contributed by atoms with van der Waals surface area (Å²) in [7, 11) is 0. The van der Waals surface area contributed by atoms with Crippen LogP contribution in [0, 0.1) is 0 Å². The van der Waals surface area contributed by atoms with E-state index < -0.39 is 0 Å². The first-order chi connectivity index (χ1) is 4.20. The quantitative estimate of drug-likeness (QED) is 0.528. The van der Waals surface area contributed by atoms with E-state index in [4.69, 9.17) is 4.74 Å². The number of rotatable bonds is 3. The lowest BCUT2D eigenvalue weighted by Crippen LogP contribution is -1.85. The van der Waals surface area contributed by atoms with Crippen molar-refractivity contribution in [3.8, 4) is 0 Å². The molecule has 0 rings (SSSR count). The van der Waals surface area contributed by atoms with Gasteiger partial charge in [0, 0.05) is 6.42 Å². The maximum atomic E-state index is 5.22. The van der Waals surface area contributed by atoms with Crippen molar-refractivity contribution in [2.75, 3.05) is 0 Å². The van der Waals surface area contributed by atoms with E-state index in [9.17, 15) is 0 Å². The molecule has 0 heterocycles. The van der Waals surface area contributed by atoms with E-state index in [0.29, 0.717) is 0 Å². The molecule has 0 unspecified atom stereocenters. The first kappa shape index (κ1) is 8.28. The van der Waals surface area contributed by atoms with E-state index in [1.807, 2.05) is 19.9 Å². The van der Waals surface area contributed by atoms with Crippen molar-refractivity contribution in [3.05, 3.63) is 24.2 Å². The zero-order valence-corrected chi connectivity index (χ0v) is 6.40. The number of hydrogen-bond donors (Lipinski definition) is 0. The smallest absolute Gasteiger partial charge is 0.0990 e. The van der Waals surface area contributed by atoms with Gasteiger partial charge in [-0.25, -0.2) is 0 Å². The maximum absolute atomic E-state index is 5.22. The average Bonchev–Trinajstić information content (AvgIpc) is 1.82. The summed E-state index contributed by atoms with van der Waals surface area (Å²) in [6, 6.07) is 0. The van der Waals surface area contributed by atoms with Crippen LogP contribution >= 0.6 is 0 Å². The molecule has 0 N–H and O–H groups in total. The van der Waals surface area contributed by atoms with Crippen LogP contribution < -0.4 is 0 Å². The third kappa shape index (κ3) is 3.83. The lowest BCUT2D eigenvalue weighted by Gasteiger charge is -2.04. The van der Waals surface area contributed by atoms with Crippen molar-refractivity contribution in [1.29, 1.82) is 0 Å². The van der Waals surface area contributed by atoms with Gasteiger partial charge in [0.1, 0.15) is 0 Å². The molecule has 0 radical (unpaired) electrons. The van der Waals surface area contributed by atoms with Crippen LogP contribution in [0.4, 0.5) is 0 Å². The van der Waals surface area contributed by atoms with E-state index in [0.717, 1.165) is 17.9 Å². The van der Waals surface area contributed by atoms with Gasteiger partial charge in [0.05, 0.1) is 11.5 Å². The SMILES string of the molecule is C=C(C)O/C(=C\C)CC. The van der Waals surface area contributed by atoms with Gasteiger partial charge in [-0.15, -0.1) is 0 Å². The van der Waals surface area contributed by atoms with Crippen molar-refractivity contribution in [1.82, 2.24) is 0 Å².